The lowest BCUT2D eigenvalue weighted by molar-refractivity contribution is 0.0563. The number of esters is 1. The minimum Gasteiger partial charge on any atom is -0.463 e. The highest BCUT2D eigenvalue weighted by Crippen LogP contribution is 2.20. The van der Waals surface area contributed by atoms with Gasteiger partial charge in [-0.15, -0.1) is 11.8 Å². The number of hydrogen-bond donors (Lipinski definition) is 1. The number of furan rings is 1. The third-order valence-electron chi connectivity index (χ3n) is 2.67. The van der Waals surface area contributed by atoms with Gasteiger partial charge in [0.2, 0.25) is 5.76 Å². The van der Waals surface area contributed by atoms with E-state index in [1.54, 1.807) is 17.8 Å². The maximum absolute atomic E-state index is 11.5. The molecule has 0 spiro atoms. The van der Waals surface area contributed by atoms with Gasteiger partial charge in [0.25, 0.3) is 0 Å². The maximum atomic E-state index is 11.5. The second-order valence-electron chi connectivity index (χ2n) is 3.85. The lowest BCUT2D eigenvalue weighted by Crippen LogP contribution is -2.06. The van der Waals surface area contributed by atoms with Gasteiger partial charge in [-0.25, -0.2) is 4.79 Å². The zero-order valence-corrected chi connectivity index (χ0v) is 11.6. The lowest BCUT2D eigenvalue weighted by atomic mass is 10.2. The van der Waals surface area contributed by atoms with Crippen molar-refractivity contribution >= 4 is 23.4 Å². The van der Waals surface area contributed by atoms with Crippen molar-refractivity contribution in [3.8, 4) is 0 Å². The van der Waals surface area contributed by atoms with Crippen LogP contribution >= 0.6 is 11.8 Å². The smallest absolute Gasteiger partial charge is 0.374 e. The number of methoxy groups -OCH3 is 1. The lowest BCUT2D eigenvalue weighted by Gasteiger charge is -2.07. The molecule has 0 atom stereocenters. The summed E-state index contributed by atoms with van der Waals surface area (Å²) in [5.41, 5.74) is 1.78. The molecular formula is C14H15NO3S. The molecule has 0 saturated heterocycles. The van der Waals surface area contributed by atoms with E-state index >= 15 is 0 Å². The van der Waals surface area contributed by atoms with Gasteiger partial charge in [-0.05, 0) is 30.5 Å². The summed E-state index contributed by atoms with van der Waals surface area (Å²) in [7, 11) is 1.34. The molecule has 5 heteroatoms. The van der Waals surface area contributed by atoms with E-state index < -0.39 is 5.97 Å². The molecule has 0 aliphatic heterocycles. The number of ether oxygens (including phenoxy) is 1. The molecule has 1 aromatic heterocycles. The molecule has 19 heavy (non-hydrogen) atoms. The predicted octanol–water partition coefficient (Wildman–Crippen LogP) is 3.40. The molecule has 1 heterocycles. The summed E-state index contributed by atoms with van der Waals surface area (Å²) in [4.78, 5) is 12.6. The molecule has 0 aliphatic carbocycles. The van der Waals surface area contributed by atoms with Crippen molar-refractivity contribution < 1.29 is 13.9 Å². The van der Waals surface area contributed by atoms with Gasteiger partial charge in [0.05, 0.1) is 13.4 Å². The molecule has 4 nitrogen and oxygen atoms in total. The highest BCUT2D eigenvalue weighted by molar-refractivity contribution is 7.98. The summed E-state index contributed by atoms with van der Waals surface area (Å²) in [6.45, 7) is 0.513. The van der Waals surface area contributed by atoms with Crippen LogP contribution < -0.4 is 5.32 Å². The number of nitrogens with one attached hydrogen (secondary N) is 1. The van der Waals surface area contributed by atoms with E-state index in [2.05, 4.69) is 16.1 Å². The molecule has 0 radical (unpaired) electrons. The van der Waals surface area contributed by atoms with Crippen LogP contribution in [0, 0.1) is 0 Å². The molecule has 1 aromatic carbocycles. The first-order valence-corrected chi connectivity index (χ1v) is 6.99. The molecule has 100 valence electrons. The van der Waals surface area contributed by atoms with Crippen molar-refractivity contribution in [3.05, 3.63) is 47.9 Å². The highest BCUT2D eigenvalue weighted by Gasteiger charge is 2.15. The molecule has 2 rings (SSSR count). The van der Waals surface area contributed by atoms with Crippen LogP contribution in [-0.4, -0.2) is 19.3 Å². The summed E-state index contributed by atoms with van der Waals surface area (Å²) < 4.78 is 9.79. The SMILES string of the molecule is COC(=O)c1occc1CNc1cccc(SC)c1. The Bertz CT molecular complexity index is 565. The van der Waals surface area contributed by atoms with Crippen molar-refractivity contribution in [2.24, 2.45) is 0 Å². The minimum atomic E-state index is -0.459. The molecule has 0 unspecified atom stereocenters. The van der Waals surface area contributed by atoms with Gasteiger partial charge in [-0.3, -0.25) is 0 Å². The van der Waals surface area contributed by atoms with E-state index in [9.17, 15) is 4.79 Å². The summed E-state index contributed by atoms with van der Waals surface area (Å²) in [6, 6.07) is 9.84. The van der Waals surface area contributed by atoms with E-state index in [1.165, 1.54) is 18.3 Å². The first-order valence-electron chi connectivity index (χ1n) is 5.77. The number of thioether (sulfide) groups is 1. The fourth-order valence-electron chi connectivity index (χ4n) is 1.68. The Kier molecular flexibility index (Phi) is 4.52. The van der Waals surface area contributed by atoms with Crippen LogP contribution in [0.4, 0.5) is 5.69 Å². The largest absolute Gasteiger partial charge is 0.463 e. The van der Waals surface area contributed by atoms with Gasteiger partial charge in [0.1, 0.15) is 0 Å². The van der Waals surface area contributed by atoms with Crippen molar-refractivity contribution in [2.45, 2.75) is 11.4 Å². The zero-order chi connectivity index (χ0) is 13.7. The Labute approximate surface area is 116 Å². The van der Waals surface area contributed by atoms with Crippen molar-refractivity contribution in [1.82, 2.24) is 0 Å². The summed E-state index contributed by atoms with van der Waals surface area (Å²) in [6.07, 6.45) is 3.52. The van der Waals surface area contributed by atoms with Crippen LogP contribution in [0.15, 0.2) is 45.9 Å². The molecule has 0 aliphatic rings. The number of anilines is 1. The van der Waals surface area contributed by atoms with Gasteiger partial charge < -0.3 is 14.5 Å². The van der Waals surface area contributed by atoms with E-state index in [4.69, 9.17) is 4.42 Å². The standard InChI is InChI=1S/C14H15NO3S/c1-17-14(16)13-10(6-7-18-13)9-15-11-4-3-5-12(8-11)19-2/h3-8,15H,9H2,1-2H3. The zero-order valence-electron chi connectivity index (χ0n) is 10.8. The van der Waals surface area contributed by atoms with Crippen LogP contribution in [0.2, 0.25) is 0 Å². The third-order valence-corrected chi connectivity index (χ3v) is 3.40. The van der Waals surface area contributed by atoms with Crippen LogP contribution in [0.1, 0.15) is 16.1 Å². The number of carbonyl (C=O) groups excluding carboxylic acids is 1. The molecule has 0 bridgehead atoms. The van der Waals surface area contributed by atoms with Crippen LogP contribution in [0.5, 0.6) is 0 Å². The number of rotatable bonds is 5. The number of carbonyl (C=O) groups is 1. The number of hydrogen-bond acceptors (Lipinski definition) is 5. The molecule has 0 amide bonds. The summed E-state index contributed by atoms with van der Waals surface area (Å²) in [5, 5.41) is 3.26. The molecular weight excluding hydrogens is 262 g/mol. The Morgan fingerprint density at radius 3 is 3.00 bits per heavy atom. The fourth-order valence-corrected chi connectivity index (χ4v) is 2.14. The first-order chi connectivity index (χ1) is 9.24. The van der Waals surface area contributed by atoms with Gasteiger partial charge in [0, 0.05) is 22.7 Å². The minimum absolute atomic E-state index is 0.246. The van der Waals surface area contributed by atoms with Crippen molar-refractivity contribution in [2.75, 3.05) is 18.7 Å². The quantitative estimate of drug-likeness (QED) is 0.670. The van der Waals surface area contributed by atoms with Crippen LogP contribution in [-0.2, 0) is 11.3 Å². The monoisotopic (exact) mass is 277 g/mol. The predicted molar refractivity (Wildman–Crippen MR) is 75.6 cm³/mol. The van der Waals surface area contributed by atoms with E-state index in [0.717, 1.165) is 11.3 Å². The van der Waals surface area contributed by atoms with Crippen LogP contribution in [0.3, 0.4) is 0 Å². The van der Waals surface area contributed by atoms with Crippen LogP contribution in [0.25, 0.3) is 0 Å². The van der Waals surface area contributed by atoms with E-state index in [0.29, 0.717) is 6.54 Å². The summed E-state index contributed by atoms with van der Waals surface area (Å²) >= 11 is 1.69. The topological polar surface area (TPSA) is 51.5 Å². The van der Waals surface area contributed by atoms with Gasteiger partial charge in [0.15, 0.2) is 0 Å². The number of benzene rings is 1. The molecule has 0 saturated carbocycles. The van der Waals surface area contributed by atoms with E-state index in [1.807, 2.05) is 24.5 Å². The molecule has 0 fully saturated rings. The molecule has 1 N–H and O–H groups in total. The van der Waals surface area contributed by atoms with Gasteiger partial charge in [-0.2, -0.15) is 0 Å². The van der Waals surface area contributed by atoms with Crippen molar-refractivity contribution in [1.29, 1.82) is 0 Å². The second-order valence-corrected chi connectivity index (χ2v) is 4.73. The Balaban J connectivity index is 2.06. The maximum Gasteiger partial charge on any atom is 0.374 e. The Morgan fingerprint density at radius 2 is 2.26 bits per heavy atom. The summed E-state index contributed by atoms with van der Waals surface area (Å²) in [5.74, 6) is -0.212. The first kappa shape index (κ1) is 13.5. The van der Waals surface area contributed by atoms with Gasteiger partial charge >= 0.3 is 5.97 Å². The molecule has 2 aromatic rings. The average molecular weight is 277 g/mol. The Morgan fingerprint density at radius 1 is 1.42 bits per heavy atom. The normalized spacial score (nSPS) is 10.2. The third kappa shape index (κ3) is 3.32. The highest BCUT2D eigenvalue weighted by atomic mass is 32.2. The Hall–Kier alpha value is -1.88. The van der Waals surface area contributed by atoms with Crippen molar-refractivity contribution in [3.63, 3.8) is 0 Å². The average Bonchev–Trinajstić information content (AvgIpc) is 2.93. The fraction of sp³-hybridized carbons (Fsp3) is 0.214. The second kappa shape index (κ2) is 6.33. The van der Waals surface area contributed by atoms with Gasteiger partial charge in [-0.1, -0.05) is 6.07 Å². The van der Waals surface area contributed by atoms with E-state index in [-0.39, 0.29) is 5.76 Å².